The molecule has 0 heterocycles. The summed E-state index contributed by atoms with van der Waals surface area (Å²) < 4.78 is 1.35. The second kappa shape index (κ2) is 9.43. The molecule has 0 radical (unpaired) electrons. The molecular weight excluding hydrogens is 391 g/mol. The number of rotatable bonds is 4. The van der Waals surface area contributed by atoms with E-state index in [2.05, 4.69) is 111 Å². The molecule has 0 bridgehead atoms. The summed E-state index contributed by atoms with van der Waals surface area (Å²) in [5, 5.41) is 1.08. The molecule has 0 saturated carbocycles. The molecule has 3 rings (SSSR count). The van der Waals surface area contributed by atoms with Gasteiger partial charge in [-0.2, -0.15) is 0 Å². The third-order valence-corrected chi connectivity index (χ3v) is 6.72. The van der Waals surface area contributed by atoms with Gasteiger partial charge < -0.3 is 0 Å². The van der Waals surface area contributed by atoms with Crippen molar-refractivity contribution in [2.45, 2.75) is 26.1 Å². The van der Waals surface area contributed by atoms with E-state index in [1.54, 1.807) is 0 Å². The van der Waals surface area contributed by atoms with Crippen molar-refractivity contribution in [2.75, 3.05) is 0 Å². The summed E-state index contributed by atoms with van der Waals surface area (Å²) in [5.41, 5.74) is 7.60. The summed E-state index contributed by atoms with van der Waals surface area (Å²) in [7, 11) is 0. The van der Waals surface area contributed by atoms with Gasteiger partial charge in [0.25, 0.3) is 0 Å². The Kier molecular flexibility index (Phi) is 6.72. The Hall–Kier alpha value is -2.52. The number of hydrogen-bond donors (Lipinski definition) is 0. The van der Waals surface area contributed by atoms with Crippen LogP contribution in [0.3, 0.4) is 0 Å². The SMILES string of the molecule is Cc1ccc(C#C/C=C(\[Se]Cc2ccc(C)cc2)c2ccc(C)cc2)cc1. The van der Waals surface area contributed by atoms with E-state index in [4.69, 9.17) is 0 Å². The summed E-state index contributed by atoms with van der Waals surface area (Å²) in [6, 6.07) is 26.0. The third kappa shape index (κ3) is 6.00. The topological polar surface area (TPSA) is 0 Å². The van der Waals surface area contributed by atoms with Crippen LogP contribution >= 0.6 is 0 Å². The van der Waals surface area contributed by atoms with E-state index in [1.807, 2.05) is 0 Å². The van der Waals surface area contributed by atoms with E-state index in [9.17, 15) is 0 Å². The average Bonchev–Trinajstić information content (AvgIpc) is 2.68. The second-order valence-corrected chi connectivity index (χ2v) is 8.92. The average molecular weight is 415 g/mol. The van der Waals surface area contributed by atoms with E-state index in [0.717, 1.165) is 10.9 Å². The van der Waals surface area contributed by atoms with Crippen LogP contribution in [0.4, 0.5) is 0 Å². The molecule has 0 N–H and O–H groups in total. The van der Waals surface area contributed by atoms with Crippen molar-refractivity contribution < 1.29 is 0 Å². The number of aryl methyl sites for hydroxylation is 3. The fraction of sp³-hybridized carbons (Fsp3) is 0.154. The Morgan fingerprint density at radius 1 is 0.741 bits per heavy atom. The van der Waals surface area contributed by atoms with Gasteiger partial charge in [0.2, 0.25) is 0 Å². The van der Waals surface area contributed by atoms with E-state index in [1.165, 1.54) is 32.3 Å². The quantitative estimate of drug-likeness (QED) is 0.367. The van der Waals surface area contributed by atoms with Crippen LogP contribution in [0.1, 0.15) is 33.4 Å². The first kappa shape index (κ1) is 19.2. The molecule has 0 saturated heterocycles. The first-order valence-corrected chi connectivity index (χ1v) is 11.2. The van der Waals surface area contributed by atoms with Gasteiger partial charge in [-0.25, -0.2) is 0 Å². The number of hydrogen-bond acceptors (Lipinski definition) is 0. The van der Waals surface area contributed by atoms with Gasteiger partial charge in [0.05, 0.1) is 0 Å². The van der Waals surface area contributed by atoms with Crippen molar-refractivity contribution in [3.63, 3.8) is 0 Å². The van der Waals surface area contributed by atoms with Crippen LogP contribution in [-0.4, -0.2) is 15.0 Å². The maximum atomic E-state index is 3.28. The summed E-state index contributed by atoms with van der Waals surface area (Å²) in [4.78, 5) is 0. The van der Waals surface area contributed by atoms with Gasteiger partial charge >= 0.3 is 170 Å². The molecule has 0 amide bonds. The number of benzene rings is 3. The molecule has 0 fully saturated rings. The first-order valence-electron chi connectivity index (χ1n) is 9.14. The summed E-state index contributed by atoms with van der Waals surface area (Å²) in [5.74, 6) is 6.56. The predicted molar refractivity (Wildman–Crippen MR) is 118 cm³/mol. The van der Waals surface area contributed by atoms with Crippen molar-refractivity contribution in [2.24, 2.45) is 0 Å². The molecule has 0 aliphatic rings. The van der Waals surface area contributed by atoms with E-state index < -0.39 is 0 Å². The van der Waals surface area contributed by atoms with Gasteiger partial charge in [-0.1, -0.05) is 0 Å². The number of allylic oxidation sites excluding steroid dienone is 1. The Bertz CT molecular complexity index is 964. The summed E-state index contributed by atoms with van der Waals surface area (Å²) in [6.07, 6.45) is 2.11. The Morgan fingerprint density at radius 2 is 1.26 bits per heavy atom. The van der Waals surface area contributed by atoms with Crippen molar-refractivity contribution in [3.05, 3.63) is 112 Å². The first-order chi connectivity index (χ1) is 13.1. The molecule has 3 aromatic carbocycles. The zero-order valence-corrected chi connectivity index (χ0v) is 17.8. The predicted octanol–water partition coefficient (Wildman–Crippen LogP) is 5.91. The monoisotopic (exact) mass is 416 g/mol. The summed E-state index contributed by atoms with van der Waals surface area (Å²) in [6.45, 7) is 6.36. The van der Waals surface area contributed by atoms with Crippen LogP contribution < -0.4 is 0 Å². The van der Waals surface area contributed by atoms with E-state index in [0.29, 0.717) is 15.0 Å². The second-order valence-electron chi connectivity index (χ2n) is 6.78. The molecule has 134 valence electrons. The van der Waals surface area contributed by atoms with Crippen LogP contribution in [0.25, 0.3) is 4.47 Å². The molecule has 0 spiro atoms. The van der Waals surface area contributed by atoms with Crippen LogP contribution in [0.15, 0.2) is 78.9 Å². The van der Waals surface area contributed by atoms with E-state index >= 15 is 0 Å². The van der Waals surface area contributed by atoms with Crippen LogP contribution in [0.5, 0.6) is 0 Å². The molecule has 1 heteroatoms. The molecule has 0 aliphatic heterocycles. The molecule has 0 aliphatic carbocycles. The van der Waals surface area contributed by atoms with Crippen LogP contribution in [-0.2, 0) is 5.32 Å². The normalized spacial score (nSPS) is 11.0. The fourth-order valence-electron chi connectivity index (χ4n) is 2.59. The molecule has 3 aromatic rings. The molecule has 0 unspecified atom stereocenters. The maximum absolute atomic E-state index is 3.28. The van der Waals surface area contributed by atoms with Gasteiger partial charge in [0.1, 0.15) is 0 Å². The Labute approximate surface area is 169 Å². The minimum absolute atomic E-state index is 0.340. The molecule has 0 atom stereocenters. The van der Waals surface area contributed by atoms with Crippen molar-refractivity contribution in [1.29, 1.82) is 0 Å². The standard InChI is InChI=1S/C26H24Se/c1-20-7-13-23(14-8-20)5-4-6-26(25-17-11-22(3)12-18-25)27-19-24-15-9-21(2)10-16-24/h6-18H,19H2,1-3H3/b26-6-. The van der Waals surface area contributed by atoms with Crippen molar-refractivity contribution in [1.82, 2.24) is 0 Å². The van der Waals surface area contributed by atoms with Gasteiger partial charge in [0, 0.05) is 0 Å². The molecular formula is C26H24Se. The summed E-state index contributed by atoms with van der Waals surface area (Å²) >= 11 is 0.340. The zero-order valence-electron chi connectivity index (χ0n) is 16.1. The molecule has 0 nitrogen and oxygen atoms in total. The van der Waals surface area contributed by atoms with Gasteiger partial charge in [-0.3, -0.25) is 0 Å². The Morgan fingerprint density at radius 3 is 1.85 bits per heavy atom. The minimum atomic E-state index is 0.340. The van der Waals surface area contributed by atoms with Gasteiger partial charge in [0.15, 0.2) is 0 Å². The van der Waals surface area contributed by atoms with Crippen molar-refractivity contribution in [3.8, 4) is 11.8 Å². The zero-order chi connectivity index (χ0) is 19.1. The van der Waals surface area contributed by atoms with Crippen LogP contribution in [0.2, 0.25) is 0 Å². The molecule has 0 aromatic heterocycles. The van der Waals surface area contributed by atoms with Crippen LogP contribution in [0, 0.1) is 32.6 Å². The van der Waals surface area contributed by atoms with Gasteiger partial charge in [-0.15, -0.1) is 0 Å². The Balaban J connectivity index is 1.81. The fourth-order valence-corrected chi connectivity index (χ4v) is 4.61. The van der Waals surface area contributed by atoms with Gasteiger partial charge in [-0.05, 0) is 0 Å². The van der Waals surface area contributed by atoms with E-state index in [-0.39, 0.29) is 0 Å². The third-order valence-electron chi connectivity index (χ3n) is 4.32. The molecule has 27 heavy (non-hydrogen) atoms. The van der Waals surface area contributed by atoms with Crippen molar-refractivity contribution >= 4 is 19.4 Å².